The minimum absolute atomic E-state index is 0.0666. The predicted molar refractivity (Wildman–Crippen MR) is 66.1 cm³/mol. The molecule has 4 nitrogen and oxygen atoms in total. The molecule has 0 heterocycles. The van der Waals surface area contributed by atoms with Gasteiger partial charge in [-0.1, -0.05) is 31.5 Å². The van der Waals surface area contributed by atoms with Crippen LogP contribution in [0.25, 0.3) is 0 Å². The first-order chi connectivity index (χ1) is 7.77. The van der Waals surface area contributed by atoms with Crippen molar-refractivity contribution in [3.05, 3.63) is 29.8 Å². The molecule has 0 atom stereocenters. The molecule has 0 aromatic heterocycles. The molecule has 0 saturated carbocycles. The van der Waals surface area contributed by atoms with Gasteiger partial charge in [0, 0.05) is 6.42 Å². The van der Waals surface area contributed by atoms with E-state index in [9.17, 15) is 8.42 Å². The topological polar surface area (TPSA) is 78.2 Å². The van der Waals surface area contributed by atoms with Gasteiger partial charge < -0.3 is 0 Å². The number of nitriles is 1. The summed E-state index contributed by atoms with van der Waals surface area (Å²) in [6, 6.07) is 8.05. The highest BCUT2D eigenvalue weighted by Gasteiger charge is 2.06. The summed E-state index contributed by atoms with van der Waals surface area (Å²) in [5, 5.41) is 7.99. The van der Waals surface area contributed by atoms with Crippen molar-refractivity contribution < 1.29 is 13.0 Å². The van der Waals surface area contributed by atoms with Gasteiger partial charge in [0.05, 0.1) is 11.0 Å². The van der Waals surface area contributed by atoms with Crippen molar-refractivity contribution >= 4 is 10.1 Å². The van der Waals surface area contributed by atoms with E-state index in [2.05, 4.69) is 6.07 Å². The molecule has 0 bridgehead atoms. The largest absolute Gasteiger partial charge is 0.294 e. The Morgan fingerprint density at radius 1 is 1.29 bits per heavy atom. The average molecular weight is 255 g/mol. The third-order valence-corrected chi connectivity index (χ3v) is 2.69. The van der Waals surface area contributed by atoms with Gasteiger partial charge in [0.15, 0.2) is 0 Å². The van der Waals surface area contributed by atoms with Gasteiger partial charge in [0.25, 0.3) is 10.1 Å². The Hall–Kier alpha value is -1.38. The lowest BCUT2D eigenvalue weighted by atomic mass is 10.2. The van der Waals surface area contributed by atoms with Crippen molar-refractivity contribution in [3.8, 4) is 6.07 Å². The van der Waals surface area contributed by atoms with Crippen LogP contribution in [0.1, 0.15) is 25.8 Å². The van der Waals surface area contributed by atoms with Gasteiger partial charge in [-0.3, -0.25) is 4.55 Å². The molecule has 0 aliphatic heterocycles. The average Bonchev–Trinajstić information content (AvgIpc) is 2.17. The Morgan fingerprint density at radius 3 is 2.00 bits per heavy atom. The Morgan fingerprint density at radius 2 is 1.76 bits per heavy atom. The predicted octanol–water partition coefficient (Wildman–Crippen LogP) is 2.80. The van der Waals surface area contributed by atoms with E-state index in [-0.39, 0.29) is 4.90 Å². The summed E-state index contributed by atoms with van der Waals surface area (Å²) in [6.45, 7) is 5.90. The maximum atomic E-state index is 10.5. The molecule has 17 heavy (non-hydrogen) atoms. The maximum absolute atomic E-state index is 10.5. The molecule has 1 N–H and O–H groups in total. The summed E-state index contributed by atoms with van der Waals surface area (Å²) in [4.78, 5) is -0.0666. The summed E-state index contributed by atoms with van der Waals surface area (Å²) in [6.07, 6.45) is 0.681. The fourth-order valence-electron chi connectivity index (χ4n) is 0.893. The summed E-state index contributed by atoms with van der Waals surface area (Å²) in [5.41, 5.74) is 0.956. The molecule has 0 aliphatic rings. The second kappa shape index (κ2) is 7.05. The second-order valence-corrected chi connectivity index (χ2v) is 5.47. The van der Waals surface area contributed by atoms with E-state index in [1.807, 2.05) is 20.8 Å². The third kappa shape index (κ3) is 7.50. The standard InChI is InChI=1S/C7H8O3S.C5H9N/c1-6-2-4-7(5-3-6)11(8,9)10;1-5(2)3-4-6/h2-5H,1H3,(H,8,9,10);5H,3H2,1-2H3. The lowest BCUT2D eigenvalue weighted by Gasteiger charge is -1.95. The smallest absolute Gasteiger partial charge is 0.282 e. The van der Waals surface area contributed by atoms with E-state index in [4.69, 9.17) is 9.81 Å². The number of hydrogen-bond donors (Lipinski definition) is 1. The van der Waals surface area contributed by atoms with Crippen LogP contribution in [0, 0.1) is 24.2 Å². The van der Waals surface area contributed by atoms with Gasteiger partial charge >= 0.3 is 0 Å². The quantitative estimate of drug-likeness (QED) is 0.824. The van der Waals surface area contributed by atoms with Gasteiger partial charge in [-0.25, -0.2) is 0 Å². The van der Waals surface area contributed by atoms with Gasteiger partial charge in [0.1, 0.15) is 0 Å². The fraction of sp³-hybridized carbons (Fsp3) is 0.417. The molecule has 0 fully saturated rings. The molecular formula is C12H17NO3S. The minimum Gasteiger partial charge on any atom is -0.282 e. The molecule has 0 radical (unpaired) electrons. The van der Waals surface area contributed by atoms with Crippen LogP contribution in [0.2, 0.25) is 0 Å². The highest BCUT2D eigenvalue weighted by Crippen LogP contribution is 2.08. The molecule has 5 heteroatoms. The fourth-order valence-corrected chi connectivity index (χ4v) is 1.37. The zero-order valence-corrected chi connectivity index (χ0v) is 11.0. The molecule has 0 unspecified atom stereocenters. The van der Waals surface area contributed by atoms with Crippen LogP contribution < -0.4 is 0 Å². The first-order valence-electron chi connectivity index (χ1n) is 5.18. The van der Waals surface area contributed by atoms with Crippen molar-refractivity contribution in [2.45, 2.75) is 32.1 Å². The SMILES string of the molecule is CC(C)CC#N.Cc1ccc(S(=O)(=O)O)cc1. The van der Waals surface area contributed by atoms with Gasteiger partial charge in [-0.15, -0.1) is 0 Å². The molecule has 1 aromatic carbocycles. The molecule has 0 aliphatic carbocycles. The lowest BCUT2D eigenvalue weighted by molar-refractivity contribution is 0.483. The van der Waals surface area contributed by atoms with Gasteiger partial charge in [-0.2, -0.15) is 13.7 Å². The third-order valence-electron chi connectivity index (χ3n) is 1.82. The first-order valence-corrected chi connectivity index (χ1v) is 6.62. The van der Waals surface area contributed by atoms with E-state index in [0.29, 0.717) is 12.3 Å². The lowest BCUT2D eigenvalue weighted by Crippen LogP contribution is -1.96. The van der Waals surface area contributed by atoms with Crippen LogP contribution in [0.15, 0.2) is 29.2 Å². The number of aryl methyl sites for hydroxylation is 1. The highest BCUT2D eigenvalue weighted by atomic mass is 32.2. The molecule has 94 valence electrons. The zero-order valence-electron chi connectivity index (χ0n) is 10.2. The van der Waals surface area contributed by atoms with E-state index in [1.54, 1.807) is 12.1 Å². The first kappa shape index (κ1) is 15.6. The zero-order chi connectivity index (χ0) is 13.5. The number of hydrogen-bond acceptors (Lipinski definition) is 3. The maximum Gasteiger partial charge on any atom is 0.294 e. The van der Waals surface area contributed by atoms with Crippen molar-refractivity contribution in [1.29, 1.82) is 5.26 Å². The minimum atomic E-state index is -4.02. The highest BCUT2D eigenvalue weighted by molar-refractivity contribution is 7.85. The normalized spacial score (nSPS) is 10.4. The second-order valence-electron chi connectivity index (χ2n) is 4.04. The van der Waals surface area contributed by atoms with Crippen LogP contribution in [0.5, 0.6) is 0 Å². The van der Waals surface area contributed by atoms with Crippen LogP contribution in [-0.4, -0.2) is 13.0 Å². The number of benzene rings is 1. The Bertz CT molecular complexity index is 469. The molecule has 0 spiro atoms. The molecule has 0 amide bonds. The molecular weight excluding hydrogens is 238 g/mol. The number of nitrogens with zero attached hydrogens (tertiary/aromatic N) is 1. The molecule has 0 saturated heterocycles. The Labute approximate surface area is 103 Å². The van der Waals surface area contributed by atoms with Crippen LogP contribution in [0.3, 0.4) is 0 Å². The van der Waals surface area contributed by atoms with Crippen LogP contribution in [-0.2, 0) is 10.1 Å². The van der Waals surface area contributed by atoms with E-state index in [0.717, 1.165) is 5.56 Å². The summed E-state index contributed by atoms with van der Waals surface area (Å²) < 4.78 is 29.6. The molecule has 1 aromatic rings. The summed E-state index contributed by atoms with van der Waals surface area (Å²) in [5.74, 6) is 0.537. The van der Waals surface area contributed by atoms with Crippen molar-refractivity contribution in [2.75, 3.05) is 0 Å². The summed E-state index contributed by atoms with van der Waals surface area (Å²) >= 11 is 0. The van der Waals surface area contributed by atoms with Crippen LogP contribution in [0.4, 0.5) is 0 Å². The van der Waals surface area contributed by atoms with Gasteiger partial charge in [-0.05, 0) is 25.0 Å². The molecule has 1 rings (SSSR count). The van der Waals surface area contributed by atoms with Crippen LogP contribution >= 0.6 is 0 Å². The Kier molecular flexibility index (Phi) is 6.47. The van der Waals surface area contributed by atoms with Crippen molar-refractivity contribution in [3.63, 3.8) is 0 Å². The van der Waals surface area contributed by atoms with Crippen molar-refractivity contribution in [2.24, 2.45) is 5.92 Å². The van der Waals surface area contributed by atoms with E-state index in [1.165, 1.54) is 12.1 Å². The Balaban J connectivity index is 0.000000366. The summed E-state index contributed by atoms with van der Waals surface area (Å²) in [7, 11) is -4.02. The van der Waals surface area contributed by atoms with Gasteiger partial charge in [0.2, 0.25) is 0 Å². The monoisotopic (exact) mass is 255 g/mol. The van der Waals surface area contributed by atoms with E-state index >= 15 is 0 Å². The van der Waals surface area contributed by atoms with E-state index < -0.39 is 10.1 Å². The number of rotatable bonds is 2. The van der Waals surface area contributed by atoms with Crippen molar-refractivity contribution in [1.82, 2.24) is 0 Å².